The van der Waals surface area contributed by atoms with Crippen molar-refractivity contribution in [1.29, 1.82) is 0 Å². The van der Waals surface area contributed by atoms with Crippen LogP contribution in [0.3, 0.4) is 0 Å². The van der Waals surface area contributed by atoms with Gasteiger partial charge in [0.25, 0.3) is 5.91 Å². The number of anilines is 1. The molecule has 2 aromatic rings. The van der Waals surface area contributed by atoms with E-state index in [9.17, 15) is 9.18 Å². The number of likely N-dealkylation sites (tertiary alicyclic amines) is 1. The summed E-state index contributed by atoms with van der Waals surface area (Å²) in [5, 5.41) is 3.24. The smallest absolute Gasteiger partial charge is 0.254 e. The Hall–Kier alpha value is -2.54. The SMILES string of the molecule is Cc1cc(F)ccc1C(=O)N1C[C@@H]2[C@H](CNc3ncccn3)CO[C@@H]2C1. The van der Waals surface area contributed by atoms with Gasteiger partial charge in [0.15, 0.2) is 0 Å². The van der Waals surface area contributed by atoms with Crippen LogP contribution < -0.4 is 5.32 Å². The topological polar surface area (TPSA) is 67.4 Å². The number of fused-ring (bicyclic) bond motifs is 1. The van der Waals surface area contributed by atoms with Crippen molar-refractivity contribution in [2.75, 3.05) is 31.6 Å². The number of hydrogen-bond acceptors (Lipinski definition) is 5. The summed E-state index contributed by atoms with van der Waals surface area (Å²) in [6, 6.07) is 6.07. The molecule has 4 rings (SSSR count). The number of benzene rings is 1. The van der Waals surface area contributed by atoms with Crippen molar-refractivity contribution >= 4 is 11.9 Å². The second kappa shape index (κ2) is 6.99. The highest BCUT2D eigenvalue weighted by Gasteiger charge is 2.45. The quantitative estimate of drug-likeness (QED) is 0.909. The number of carbonyl (C=O) groups is 1. The van der Waals surface area contributed by atoms with E-state index >= 15 is 0 Å². The highest BCUT2D eigenvalue weighted by molar-refractivity contribution is 5.95. The van der Waals surface area contributed by atoms with Crippen LogP contribution in [-0.4, -0.2) is 53.1 Å². The summed E-state index contributed by atoms with van der Waals surface area (Å²) in [6.07, 6.45) is 3.46. The molecule has 0 bridgehead atoms. The van der Waals surface area contributed by atoms with E-state index in [4.69, 9.17) is 4.74 Å². The Morgan fingerprint density at radius 2 is 2.15 bits per heavy atom. The third kappa shape index (κ3) is 3.26. The van der Waals surface area contributed by atoms with Crippen LogP contribution in [0, 0.1) is 24.6 Å². The Labute approximate surface area is 151 Å². The molecule has 3 heterocycles. The number of amides is 1. The van der Waals surface area contributed by atoms with Crippen molar-refractivity contribution in [3.8, 4) is 0 Å². The lowest BCUT2D eigenvalue weighted by atomic mass is 9.93. The molecular weight excluding hydrogens is 335 g/mol. The molecular formula is C19H21FN4O2. The van der Waals surface area contributed by atoms with Crippen LogP contribution in [0.25, 0.3) is 0 Å². The molecule has 2 fully saturated rings. The fourth-order valence-corrected chi connectivity index (χ4v) is 3.83. The van der Waals surface area contributed by atoms with E-state index in [0.717, 1.165) is 0 Å². The third-order valence-electron chi connectivity index (χ3n) is 5.23. The number of nitrogens with one attached hydrogen (secondary N) is 1. The van der Waals surface area contributed by atoms with E-state index in [-0.39, 0.29) is 23.7 Å². The van der Waals surface area contributed by atoms with Crippen molar-refractivity contribution in [3.63, 3.8) is 0 Å². The number of aromatic nitrogens is 2. The second-order valence-corrected chi connectivity index (χ2v) is 6.92. The maximum absolute atomic E-state index is 13.3. The van der Waals surface area contributed by atoms with Gasteiger partial charge in [-0.3, -0.25) is 4.79 Å². The summed E-state index contributed by atoms with van der Waals surface area (Å²) in [5.74, 6) is 0.809. The van der Waals surface area contributed by atoms with Crippen molar-refractivity contribution in [1.82, 2.24) is 14.9 Å². The van der Waals surface area contributed by atoms with Crippen molar-refractivity contribution in [3.05, 3.63) is 53.6 Å². The minimum Gasteiger partial charge on any atom is -0.376 e. The van der Waals surface area contributed by atoms with Crippen LogP contribution in [0.5, 0.6) is 0 Å². The van der Waals surface area contributed by atoms with Crippen LogP contribution in [0.15, 0.2) is 36.7 Å². The molecule has 7 heteroatoms. The first-order valence-corrected chi connectivity index (χ1v) is 8.80. The minimum absolute atomic E-state index is 0.0569. The average molecular weight is 356 g/mol. The monoisotopic (exact) mass is 356 g/mol. The Morgan fingerprint density at radius 3 is 2.92 bits per heavy atom. The summed E-state index contributed by atoms with van der Waals surface area (Å²) in [5.41, 5.74) is 1.21. The summed E-state index contributed by atoms with van der Waals surface area (Å²) < 4.78 is 19.2. The predicted octanol–water partition coefficient (Wildman–Crippen LogP) is 2.12. The molecule has 2 aliphatic heterocycles. The Morgan fingerprint density at radius 1 is 1.35 bits per heavy atom. The second-order valence-electron chi connectivity index (χ2n) is 6.92. The third-order valence-corrected chi connectivity index (χ3v) is 5.23. The van der Waals surface area contributed by atoms with Crippen molar-refractivity contribution in [2.24, 2.45) is 11.8 Å². The molecule has 2 aliphatic rings. The van der Waals surface area contributed by atoms with Crippen molar-refractivity contribution in [2.45, 2.75) is 13.0 Å². The predicted molar refractivity (Wildman–Crippen MR) is 94.3 cm³/mol. The maximum atomic E-state index is 13.3. The lowest BCUT2D eigenvalue weighted by Gasteiger charge is -2.21. The largest absolute Gasteiger partial charge is 0.376 e. The lowest BCUT2D eigenvalue weighted by molar-refractivity contribution is 0.0679. The minimum atomic E-state index is -0.324. The number of ether oxygens (including phenoxy) is 1. The highest BCUT2D eigenvalue weighted by atomic mass is 19.1. The van der Waals surface area contributed by atoms with Gasteiger partial charge in [0.05, 0.1) is 12.7 Å². The van der Waals surface area contributed by atoms with Gasteiger partial charge in [-0.25, -0.2) is 14.4 Å². The van der Waals surface area contributed by atoms with Gasteiger partial charge in [-0.2, -0.15) is 0 Å². The number of hydrogen-bond donors (Lipinski definition) is 1. The van der Waals surface area contributed by atoms with Crippen LogP contribution in [-0.2, 0) is 4.74 Å². The number of rotatable bonds is 4. The van der Waals surface area contributed by atoms with E-state index < -0.39 is 0 Å². The molecule has 0 radical (unpaired) electrons. The van der Waals surface area contributed by atoms with E-state index in [2.05, 4.69) is 15.3 Å². The zero-order valence-electron chi connectivity index (χ0n) is 14.6. The Kier molecular flexibility index (Phi) is 4.55. The van der Waals surface area contributed by atoms with Gasteiger partial charge in [-0.05, 0) is 36.8 Å². The first-order chi connectivity index (χ1) is 12.6. The number of halogens is 1. The molecule has 1 aromatic heterocycles. The van der Waals surface area contributed by atoms with Crippen LogP contribution in [0.1, 0.15) is 15.9 Å². The zero-order valence-corrected chi connectivity index (χ0v) is 14.6. The Balaban J connectivity index is 1.40. The molecule has 1 amide bonds. The standard InChI is InChI=1S/C19H21FN4O2/c1-12-7-14(20)3-4-15(12)18(25)24-9-16-13(11-26-17(16)10-24)8-23-19-21-5-2-6-22-19/h2-7,13,16-17H,8-11H2,1H3,(H,21,22,23)/t13-,16-,17-/m1/s1. The van der Waals surface area contributed by atoms with Crippen LogP contribution in [0.4, 0.5) is 10.3 Å². The van der Waals surface area contributed by atoms with Gasteiger partial charge >= 0.3 is 0 Å². The number of aryl methyl sites for hydroxylation is 1. The summed E-state index contributed by atoms with van der Waals surface area (Å²) in [6.45, 7) is 4.38. The summed E-state index contributed by atoms with van der Waals surface area (Å²) in [7, 11) is 0. The first-order valence-electron chi connectivity index (χ1n) is 8.80. The fraction of sp³-hybridized carbons (Fsp3) is 0.421. The summed E-state index contributed by atoms with van der Waals surface area (Å²) in [4.78, 5) is 23.0. The molecule has 3 atom stereocenters. The van der Waals surface area contributed by atoms with Crippen molar-refractivity contribution < 1.29 is 13.9 Å². The van der Waals surface area contributed by atoms with Gasteiger partial charge in [0.1, 0.15) is 5.82 Å². The normalized spacial score (nSPS) is 24.5. The Bertz CT molecular complexity index is 801. The van der Waals surface area contributed by atoms with E-state index in [1.165, 1.54) is 12.1 Å². The molecule has 0 saturated carbocycles. The fourth-order valence-electron chi connectivity index (χ4n) is 3.83. The van der Waals surface area contributed by atoms with E-state index in [0.29, 0.717) is 49.2 Å². The highest BCUT2D eigenvalue weighted by Crippen LogP contribution is 2.34. The van der Waals surface area contributed by atoms with Gasteiger partial charge in [0, 0.05) is 49.4 Å². The molecule has 0 aliphatic carbocycles. The molecule has 1 aromatic carbocycles. The van der Waals surface area contributed by atoms with Gasteiger partial charge in [-0.15, -0.1) is 0 Å². The first kappa shape index (κ1) is 16.9. The summed E-state index contributed by atoms with van der Waals surface area (Å²) >= 11 is 0. The average Bonchev–Trinajstić information content (AvgIpc) is 3.21. The molecule has 0 spiro atoms. The van der Waals surface area contributed by atoms with Crippen LogP contribution in [0.2, 0.25) is 0 Å². The van der Waals surface area contributed by atoms with E-state index in [1.54, 1.807) is 31.5 Å². The number of carbonyl (C=O) groups excluding carboxylic acids is 1. The number of nitrogens with zero attached hydrogens (tertiary/aromatic N) is 3. The molecule has 26 heavy (non-hydrogen) atoms. The molecule has 2 saturated heterocycles. The molecule has 0 unspecified atom stereocenters. The van der Waals surface area contributed by atoms with Gasteiger partial charge < -0.3 is 15.0 Å². The van der Waals surface area contributed by atoms with Gasteiger partial charge in [-0.1, -0.05) is 0 Å². The van der Waals surface area contributed by atoms with Crippen LogP contribution >= 0.6 is 0 Å². The molecule has 6 nitrogen and oxygen atoms in total. The maximum Gasteiger partial charge on any atom is 0.254 e. The lowest BCUT2D eigenvalue weighted by Crippen LogP contribution is -2.32. The molecule has 1 N–H and O–H groups in total. The van der Waals surface area contributed by atoms with Gasteiger partial charge in [0.2, 0.25) is 5.95 Å². The zero-order chi connectivity index (χ0) is 18.1. The molecule has 136 valence electrons. The van der Waals surface area contributed by atoms with E-state index in [1.807, 2.05) is 4.90 Å².